The van der Waals surface area contributed by atoms with Crippen molar-refractivity contribution >= 4 is 11.6 Å². The van der Waals surface area contributed by atoms with E-state index >= 15 is 0 Å². The van der Waals surface area contributed by atoms with Gasteiger partial charge in [0, 0.05) is 24.2 Å². The van der Waals surface area contributed by atoms with Crippen molar-refractivity contribution in [2.75, 3.05) is 17.2 Å². The van der Waals surface area contributed by atoms with E-state index in [0.717, 1.165) is 25.2 Å². The summed E-state index contributed by atoms with van der Waals surface area (Å²) in [4.78, 5) is 12.8. The molecular weight excluding hydrogens is 329 g/mol. The first-order valence-corrected chi connectivity index (χ1v) is 9.60. The van der Waals surface area contributed by atoms with Gasteiger partial charge in [-0.1, -0.05) is 26.2 Å². The van der Waals surface area contributed by atoms with Gasteiger partial charge in [0.15, 0.2) is 5.82 Å². The highest BCUT2D eigenvalue weighted by atomic mass is 19.1. The van der Waals surface area contributed by atoms with Crippen molar-refractivity contribution in [3.05, 3.63) is 30.5 Å². The molecule has 2 heterocycles. The Morgan fingerprint density at radius 2 is 1.88 bits per heavy atom. The fourth-order valence-electron chi connectivity index (χ4n) is 3.47. The summed E-state index contributed by atoms with van der Waals surface area (Å²) >= 11 is 0. The van der Waals surface area contributed by atoms with Crippen molar-refractivity contribution in [1.82, 2.24) is 15.0 Å². The average molecular weight is 355 g/mol. The van der Waals surface area contributed by atoms with Crippen LogP contribution in [-0.2, 0) is 0 Å². The smallest absolute Gasteiger partial charge is 0.151 e. The zero-order chi connectivity index (χ0) is 18.0. The van der Waals surface area contributed by atoms with E-state index in [0.29, 0.717) is 28.5 Å². The fourth-order valence-corrected chi connectivity index (χ4v) is 3.47. The minimum absolute atomic E-state index is 0.363. The molecule has 2 aliphatic rings. The van der Waals surface area contributed by atoms with E-state index < -0.39 is 0 Å². The van der Waals surface area contributed by atoms with Gasteiger partial charge >= 0.3 is 0 Å². The summed E-state index contributed by atoms with van der Waals surface area (Å²) < 4.78 is 14.4. The molecule has 5 nitrogen and oxygen atoms in total. The van der Waals surface area contributed by atoms with Gasteiger partial charge in [0.25, 0.3) is 0 Å². The molecule has 2 N–H and O–H groups in total. The maximum Gasteiger partial charge on any atom is 0.151 e. The van der Waals surface area contributed by atoms with E-state index in [-0.39, 0.29) is 5.82 Å². The van der Waals surface area contributed by atoms with Crippen LogP contribution >= 0.6 is 0 Å². The van der Waals surface area contributed by atoms with Gasteiger partial charge in [-0.15, -0.1) is 0 Å². The highest BCUT2D eigenvalue weighted by Crippen LogP contribution is 2.44. The van der Waals surface area contributed by atoms with Crippen LogP contribution in [0.3, 0.4) is 0 Å². The molecule has 0 amide bonds. The summed E-state index contributed by atoms with van der Waals surface area (Å²) in [5.41, 5.74) is 1.42. The number of anilines is 2. The second kappa shape index (κ2) is 7.17. The van der Waals surface area contributed by atoms with Crippen LogP contribution in [0.15, 0.2) is 24.7 Å². The largest absolute Gasteiger partial charge is 0.369 e. The van der Waals surface area contributed by atoms with E-state index in [1.165, 1.54) is 44.6 Å². The van der Waals surface area contributed by atoms with Crippen molar-refractivity contribution in [3.63, 3.8) is 0 Å². The lowest BCUT2D eigenvalue weighted by Gasteiger charge is -2.23. The highest BCUT2D eigenvalue weighted by molar-refractivity contribution is 5.65. The predicted octanol–water partition coefficient (Wildman–Crippen LogP) is 4.63. The van der Waals surface area contributed by atoms with Crippen LogP contribution in [0.25, 0.3) is 11.3 Å². The molecule has 26 heavy (non-hydrogen) atoms. The Kier molecular flexibility index (Phi) is 4.74. The van der Waals surface area contributed by atoms with Crippen molar-refractivity contribution in [3.8, 4) is 11.3 Å². The third-order valence-corrected chi connectivity index (χ3v) is 5.56. The van der Waals surface area contributed by atoms with Gasteiger partial charge in [-0.3, -0.25) is 0 Å². The van der Waals surface area contributed by atoms with Gasteiger partial charge in [0.1, 0.15) is 18.0 Å². The fraction of sp³-hybridized carbons (Fsp3) is 0.550. The third-order valence-electron chi connectivity index (χ3n) is 5.56. The number of rotatable bonds is 6. The second-order valence-corrected chi connectivity index (χ2v) is 7.98. The number of hydrogen-bond donors (Lipinski definition) is 2. The van der Waals surface area contributed by atoms with Crippen LogP contribution in [0.5, 0.6) is 0 Å². The van der Waals surface area contributed by atoms with E-state index in [4.69, 9.17) is 0 Å². The van der Waals surface area contributed by atoms with Gasteiger partial charge in [-0.05, 0) is 37.2 Å². The number of hydrogen-bond acceptors (Lipinski definition) is 5. The van der Waals surface area contributed by atoms with Gasteiger partial charge in [0.05, 0.1) is 11.9 Å². The van der Waals surface area contributed by atoms with Crippen LogP contribution in [0.2, 0.25) is 0 Å². The normalized spacial score (nSPS) is 19.2. The zero-order valence-electron chi connectivity index (χ0n) is 15.3. The molecule has 0 unspecified atom stereocenters. The number of nitrogens with zero attached hydrogens (tertiary/aromatic N) is 3. The predicted molar refractivity (Wildman–Crippen MR) is 102 cm³/mol. The topological polar surface area (TPSA) is 62.7 Å². The Bertz CT molecular complexity index is 769. The molecule has 0 aliphatic heterocycles. The molecule has 138 valence electrons. The summed E-state index contributed by atoms with van der Waals surface area (Å²) in [6.45, 7) is 3.14. The summed E-state index contributed by atoms with van der Waals surface area (Å²) in [7, 11) is 0. The summed E-state index contributed by atoms with van der Waals surface area (Å²) in [5, 5.41) is 6.80. The Morgan fingerprint density at radius 3 is 2.65 bits per heavy atom. The number of halogens is 1. The Balaban J connectivity index is 1.51. The van der Waals surface area contributed by atoms with Crippen LogP contribution in [0, 0.1) is 11.2 Å². The Hall–Kier alpha value is -2.24. The lowest BCUT2D eigenvalue weighted by atomic mass is 9.95. The van der Waals surface area contributed by atoms with Crippen LogP contribution in [0.4, 0.5) is 16.0 Å². The maximum atomic E-state index is 14.4. The second-order valence-electron chi connectivity index (χ2n) is 7.98. The number of pyridine rings is 1. The molecule has 2 aromatic heterocycles. The molecule has 6 heteroatoms. The van der Waals surface area contributed by atoms with E-state index in [9.17, 15) is 4.39 Å². The summed E-state index contributed by atoms with van der Waals surface area (Å²) in [5.74, 6) is 1.09. The monoisotopic (exact) mass is 355 g/mol. The van der Waals surface area contributed by atoms with E-state index in [2.05, 4.69) is 32.5 Å². The van der Waals surface area contributed by atoms with Crippen molar-refractivity contribution in [2.24, 2.45) is 5.41 Å². The SMILES string of the molecule is CC1(CNc2cc(-c3cc(NC4CCCCC4)ncc3F)ncn2)CC1. The van der Waals surface area contributed by atoms with Crippen molar-refractivity contribution < 1.29 is 4.39 Å². The molecule has 0 atom stereocenters. The third kappa shape index (κ3) is 4.11. The van der Waals surface area contributed by atoms with Crippen molar-refractivity contribution in [2.45, 2.75) is 57.9 Å². The Labute approximate surface area is 153 Å². The lowest BCUT2D eigenvalue weighted by Crippen LogP contribution is -2.22. The van der Waals surface area contributed by atoms with Crippen LogP contribution < -0.4 is 10.6 Å². The molecule has 4 rings (SSSR count). The minimum atomic E-state index is -0.363. The molecule has 0 radical (unpaired) electrons. The van der Waals surface area contributed by atoms with E-state index in [1.54, 1.807) is 6.07 Å². The Morgan fingerprint density at radius 1 is 1.08 bits per heavy atom. The first-order chi connectivity index (χ1) is 12.6. The summed E-state index contributed by atoms with van der Waals surface area (Å²) in [6.07, 6.45) is 11.3. The number of aromatic nitrogens is 3. The van der Waals surface area contributed by atoms with Crippen LogP contribution in [-0.4, -0.2) is 27.5 Å². The molecule has 0 bridgehead atoms. The zero-order valence-corrected chi connectivity index (χ0v) is 15.3. The molecule has 2 aliphatic carbocycles. The lowest BCUT2D eigenvalue weighted by molar-refractivity contribution is 0.461. The quantitative estimate of drug-likeness (QED) is 0.791. The highest BCUT2D eigenvalue weighted by Gasteiger charge is 2.36. The van der Waals surface area contributed by atoms with Gasteiger partial charge in [-0.2, -0.15) is 0 Å². The average Bonchev–Trinajstić information content (AvgIpc) is 3.41. The standard InChI is InChI=1S/C20H26FN5/c1-20(7-8-20)12-23-18-10-17(24-13-25-18)15-9-19(22-11-16(15)21)26-14-5-3-2-4-6-14/h9-11,13-14H,2-8,12H2,1H3,(H,22,26)(H,23,24,25). The molecule has 0 aromatic carbocycles. The molecule has 0 saturated heterocycles. The molecule has 2 fully saturated rings. The van der Waals surface area contributed by atoms with Gasteiger partial charge < -0.3 is 10.6 Å². The number of nitrogens with one attached hydrogen (secondary N) is 2. The van der Waals surface area contributed by atoms with Crippen molar-refractivity contribution in [1.29, 1.82) is 0 Å². The minimum Gasteiger partial charge on any atom is -0.369 e. The molecule has 0 spiro atoms. The molecule has 2 aromatic rings. The van der Waals surface area contributed by atoms with Gasteiger partial charge in [0.2, 0.25) is 0 Å². The summed E-state index contributed by atoms with van der Waals surface area (Å²) in [6, 6.07) is 4.00. The van der Waals surface area contributed by atoms with E-state index in [1.807, 2.05) is 6.07 Å². The molecule has 2 saturated carbocycles. The first-order valence-electron chi connectivity index (χ1n) is 9.60. The molecular formula is C20H26FN5. The van der Waals surface area contributed by atoms with Crippen LogP contribution in [0.1, 0.15) is 51.9 Å². The van der Waals surface area contributed by atoms with Gasteiger partial charge in [-0.25, -0.2) is 19.3 Å². The first kappa shape index (κ1) is 17.2. The maximum absolute atomic E-state index is 14.4.